The molecule has 0 unspecified atom stereocenters. The summed E-state index contributed by atoms with van der Waals surface area (Å²) in [6.07, 6.45) is 3.65. The van der Waals surface area contributed by atoms with Crippen LogP contribution in [-0.4, -0.2) is 71.9 Å². The smallest absolute Gasteiger partial charge is 0.339 e. The molecule has 1 aliphatic rings. The van der Waals surface area contributed by atoms with Gasteiger partial charge in [-0.25, -0.2) is 9.17 Å². The van der Waals surface area contributed by atoms with E-state index in [4.69, 9.17) is 9.54 Å². The van der Waals surface area contributed by atoms with Crippen molar-refractivity contribution in [2.45, 2.75) is 19.4 Å². The highest BCUT2D eigenvalue weighted by Crippen LogP contribution is 2.36. The van der Waals surface area contributed by atoms with E-state index in [1.807, 2.05) is 29.9 Å². The van der Waals surface area contributed by atoms with Crippen molar-refractivity contribution in [3.63, 3.8) is 0 Å². The number of rotatable bonds is 9. The maximum atomic E-state index is 12.9. The van der Waals surface area contributed by atoms with Crippen molar-refractivity contribution in [1.82, 2.24) is 19.8 Å². The summed E-state index contributed by atoms with van der Waals surface area (Å²) in [7, 11) is -2.99. The number of hydrogen-bond acceptors (Lipinski definition) is 8. The molecule has 9 nitrogen and oxygen atoms in total. The highest BCUT2D eigenvalue weighted by atomic mass is 32.3. The molecule has 11 heteroatoms. The fourth-order valence-corrected chi connectivity index (χ4v) is 5.85. The summed E-state index contributed by atoms with van der Waals surface area (Å²) in [6.45, 7) is 2.39. The number of hydrogen-bond donors (Lipinski definition) is 1. The first-order valence-electron chi connectivity index (χ1n) is 12.9. The molecule has 2 aromatic carbocycles. The average molecular weight is 579 g/mol. The van der Waals surface area contributed by atoms with Gasteiger partial charge in [0.1, 0.15) is 0 Å². The largest absolute Gasteiger partial charge is 0.397 e. The minimum Gasteiger partial charge on any atom is -0.339 e. The van der Waals surface area contributed by atoms with E-state index in [1.54, 1.807) is 30.5 Å². The molecule has 0 spiro atoms. The summed E-state index contributed by atoms with van der Waals surface area (Å²) >= 11 is 1.62. The Morgan fingerprint density at radius 2 is 1.77 bits per heavy atom. The molecule has 1 amide bonds. The fourth-order valence-electron chi connectivity index (χ4n) is 5.01. The van der Waals surface area contributed by atoms with Crippen LogP contribution in [0, 0.1) is 0 Å². The molecule has 1 saturated heterocycles. The Morgan fingerprint density at radius 3 is 2.48 bits per heavy atom. The number of likely N-dealkylation sites (tertiary alicyclic amines) is 1. The third-order valence-corrected chi connectivity index (χ3v) is 8.11. The first kappa shape index (κ1) is 28.1. The highest BCUT2D eigenvalue weighted by molar-refractivity contribution is 7.80. The molecule has 1 aliphatic heterocycles. The number of likely N-dealkylation sites (N-methyl/N-ethyl adjacent to an activating group) is 1. The summed E-state index contributed by atoms with van der Waals surface area (Å²) in [4.78, 5) is 25.9. The van der Waals surface area contributed by atoms with E-state index >= 15 is 0 Å². The second-order valence-corrected chi connectivity index (χ2v) is 11.5. The van der Waals surface area contributed by atoms with Gasteiger partial charge in [-0.05, 0) is 42.2 Å². The molecule has 2 aromatic heterocycles. The van der Waals surface area contributed by atoms with Crippen LogP contribution in [0.25, 0.3) is 16.5 Å². The van der Waals surface area contributed by atoms with Gasteiger partial charge in [-0.1, -0.05) is 42.0 Å². The zero-order valence-corrected chi connectivity index (χ0v) is 23.7. The summed E-state index contributed by atoms with van der Waals surface area (Å²) in [5, 5.41) is 3.17. The average Bonchev–Trinajstić information content (AvgIpc) is 3.46. The summed E-state index contributed by atoms with van der Waals surface area (Å²) in [5.74, 6) is -0.276. The van der Waals surface area contributed by atoms with E-state index in [0.29, 0.717) is 5.56 Å². The lowest BCUT2D eigenvalue weighted by Crippen LogP contribution is -2.31. The van der Waals surface area contributed by atoms with Crippen LogP contribution in [0.5, 0.6) is 0 Å². The predicted molar refractivity (Wildman–Crippen MR) is 155 cm³/mol. The van der Waals surface area contributed by atoms with Gasteiger partial charge in [-0.3, -0.25) is 19.2 Å². The maximum Gasteiger partial charge on any atom is 0.397 e. The van der Waals surface area contributed by atoms with Crippen LogP contribution >= 0.6 is 11.3 Å². The van der Waals surface area contributed by atoms with Crippen LogP contribution in [0.3, 0.4) is 0 Å². The molecule has 208 valence electrons. The standard InChI is InChI=1S/C29H30N4O5S2/c1-32(16-17-38-40(35,36)37)29(34)24-9-7-21(8-10-24)27(26-6-2-4-23-5-3-13-30-28(23)26)22-11-14-33(15-12-22)18-25-19-39-20-31-25/h2-10,13,19-20H,11-12,14-18H2,1H3,(H,35,36,37). The monoisotopic (exact) mass is 578 g/mol. The van der Waals surface area contributed by atoms with Gasteiger partial charge in [0.2, 0.25) is 0 Å². The normalized spacial score (nSPS) is 14.4. The molecule has 40 heavy (non-hydrogen) atoms. The van der Waals surface area contributed by atoms with Crippen molar-refractivity contribution in [2.24, 2.45) is 0 Å². The van der Waals surface area contributed by atoms with Gasteiger partial charge in [0.15, 0.2) is 0 Å². The Hall–Kier alpha value is -3.48. The number of amides is 1. The lowest BCUT2D eigenvalue weighted by atomic mass is 9.87. The molecule has 0 atom stereocenters. The number of thiazole rings is 1. The first-order chi connectivity index (χ1) is 19.3. The van der Waals surface area contributed by atoms with Crippen molar-refractivity contribution >= 4 is 44.1 Å². The fraction of sp³-hybridized carbons (Fsp3) is 0.276. The minimum absolute atomic E-state index is 0.00868. The molecular weight excluding hydrogens is 548 g/mol. The number of benzene rings is 2. The lowest BCUT2D eigenvalue weighted by Gasteiger charge is -2.30. The van der Waals surface area contributed by atoms with E-state index in [0.717, 1.165) is 65.8 Å². The van der Waals surface area contributed by atoms with Crippen LogP contribution in [0.2, 0.25) is 0 Å². The summed E-state index contributed by atoms with van der Waals surface area (Å²) in [6, 6.07) is 17.7. The highest BCUT2D eigenvalue weighted by Gasteiger charge is 2.22. The summed E-state index contributed by atoms with van der Waals surface area (Å²) in [5.41, 5.74) is 8.96. The van der Waals surface area contributed by atoms with Gasteiger partial charge in [0.25, 0.3) is 5.91 Å². The molecule has 5 rings (SSSR count). The summed E-state index contributed by atoms with van der Waals surface area (Å²) < 4.78 is 34.7. The molecule has 0 bridgehead atoms. The van der Waals surface area contributed by atoms with Crippen molar-refractivity contribution < 1.29 is 21.9 Å². The molecule has 1 N–H and O–H groups in total. The Balaban J connectivity index is 1.42. The van der Waals surface area contributed by atoms with Crippen LogP contribution in [-0.2, 0) is 21.1 Å². The number of carbonyl (C=O) groups is 1. The van der Waals surface area contributed by atoms with Crippen LogP contribution in [0.15, 0.2) is 77.3 Å². The second-order valence-electron chi connectivity index (χ2n) is 9.67. The Bertz CT molecular complexity index is 1600. The zero-order chi connectivity index (χ0) is 28.1. The van der Waals surface area contributed by atoms with E-state index in [2.05, 4.69) is 43.7 Å². The van der Waals surface area contributed by atoms with Gasteiger partial charge in [-0.2, -0.15) is 8.42 Å². The maximum absolute atomic E-state index is 12.9. The lowest BCUT2D eigenvalue weighted by molar-refractivity contribution is 0.0771. The van der Waals surface area contributed by atoms with Crippen LogP contribution in [0.4, 0.5) is 0 Å². The number of aromatic nitrogens is 2. The van der Waals surface area contributed by atoms with Crippen molar-refractivity contribution in [3.05, 3.63) is 99.6 Å². The minimum atomic E-state index is -4.55. The SMILES string of the molecule is CN(CCOS(=O)(=O)O)C(=O)c1ccc(C(=C2CCN(Cc3cscn3)CC2)c2cccc3cccnc23)cc1. The molecule has 0 aliphatic carbocycles. The molecule has 0 saturated carbocycles. The third-order valence-electron chi connectivity index (χ3n) is 7.01. The molecular formula is C29H30N4O5S2. The molecule has 1 fully saturated rings. The number of para-hydroxylation sites is 1. The predicted octanol–water partition coefficient (Wildman–Crippen LogP) is 4.68. The quantitative estimate of drug-likeness (QED) is 0.285. The molecule has 4 aromatic rings. The Kier molecular flexibility index (Phi) is 8.67. The number of carbonyl (C=O) groups excluding carboxylic acids is 1. The molecule has 0 radical (unpaired) electrons. The van der Waals surface area contributed by atoms with Crippen LogP contribution in [0.1, 0.15) is 40.0 Å². The van der Waals surface area contributed by atoms with Gasteiger partial charge in [-0.15, -0.1) is 11.3 Å². The first-order valence-corrected chi connectivity index (χ1v) is 15.2. The van der Waals surface area contributed by atoms with Gasteiger partial charge in [0.05, 0.1) is 23.3 Å². The number of piperidine rings is 1. The number of pyridine rings is 1. The van der Waals surface area contributed by atoms with Crippen molar-refractivity contribution in [1.29, 1.82) is 0 Å². The van der Waals surface area contributed by atoms with Crippen LogP contribution < -0.4 is 0 Å². The van der Waals surface area contributed by atoms with Crippen molar-refractivity contribution in [3.8, 4) is 0 Å². The van der Waals surface area contributed by atoms with Gasteiger partial charge < -0.3 is 4.90 Å². The molecule has 3 heterocycles. The Morgan fingerprint density at radius 1 is 1.05 bits per heavy atom. The van der Waals surface area contributed by atoms with E-state index in [9.17, 15) is 13.2 Å². The van der Waals surface area contributed by atoms with E-state index < -0.39 is 10.4 Å². The second kappa shape index (κ2) is 12.4. The number of nitrogens with zero attached hydrogens (tertiary/aromatic N) is 4. The van der Waals surface area contributed by atoms with E-state index in [-0.39, 0.29) is 19.1 Å². The van der Waals surface area contributed by atoms with Crippen molar-refractivity contribution in [2.75, 3.05) is 33.3 Å². The topological polar surface area (TPSA) is 113 Å². The third kappa shape index (κ3) is 6.80. The van der Waals surface area contributed by atoms with Gasteiger partial charge in [0, 0.05) is 61.3 Å². The Labute approximate surface area is 237 Å². The van der Waals surface area contributed by atoms with E-state index in [1.165, 1.54) is 10.5 Å². The van der Waals surface area contributed by atoms with Gasteiger partial charge >= 0.3 is 10.4 Å². The zero-order valence-electron chi connectivity index (χ0n) is 22.1. The number of fused-ring (bicyclic) bond motifs is 1.